The number of β-amino-alcohol motifs (C(OH)–C–C–N with tert-alkyl or cyclic N) is 1. The van der Waals surface area contributed by atoms with Gasteiger partial charge in [0.15, 0.2) is 5.75 Å². The molecule has 0 unspecified atom stereocenters. The summed E-state index contributed by atoms with van der Waals surface area (Å²) < 4.78 is 11.5. The third-order valence-electron chi connectivity index (χ3n) is 5.83. The Hall–Kier alpha value is -2.44. The van der Waals surface area contributed by atoms with Gasteiger partial charge in [0.1, 0.15) is 24.2 Å². The number of nitrogen functional groups attached to an aromatic ring is 1. The quantitative estimate of drug-likeness (QED) is 0.382. The maximum atomic E-state index is 10.4. The van der Waals surface area contributed by atoms with Gasteiger partial charge in [0, 0.05) is 12.2 Å². The fourth-order valence-corrected chi connectivity index (χ4v) is 4.74. The number of hydrogen-bond acceptors (Lipinski definition) is 5. The third kappa shape index (κ3) is 6.55. The van der Waals surface area contributed by atoms with Crippen molar-refractivity contribution in [2.45, 2.75) is 24.9 Å². The molecule has 0 spiro atoms. The minimum Gasteiger partial charge on any atom is -0.488 e. The van der Waals surface area contributed by atoms with Crippen LogP contribution in [0.25, 0.3) is 0 Å². The summed E-state index contributed by atoms with van der Waals surface area (Å²) in [5.41, 5.74) is 7.51. The van der Waals surface area contributed by atoms with Crippen molar-refractivity contribution >= 4 is 28.9 Å². The molecule has 0 saturated carbocycles. The summed E-state index contributed by atoms with van der Waals surface area (Å²) in [5.74, 6) is 2.53. The van der Waals surface area contributed by atoms with Crippen LogP contribution in [0.4, 0.5) is 5.69 Å². The van der Waals surface area contributed by atoms with Crippen molar-refractivity contribution in [2.75, 3.05) is 32.0 Å². The minimum absolute atomic E-state index is 0.117. The fraction of sp³-hybridized carbons (Fsp3) is 0.308. The highest BCUT2D eigenvalue weighted by Crippen LogP contribution is 2.35. The summed E-state index contributed by atoms with van der Waals surface area (Å²) in [7, 11) is 0. The predicted octanol–water partition coefficient (Wildman–Crippen LogP) is 5.99. The maximum Gasteiger partial charge on any atom is 0.156 e. The average molecular weight is 487 g/mol. The van der Waals surface area contributed by atoms with E-state index in [4.69, 9.17) is 38.4 Å². The molecule has 3 aromatic carbocycles. The molecular formula is C26H28Cl2N2O3. The molecule has 1 aliphatic rings. The van der Waals surface area contributed by atoms with E-state index in [9.17, 15) is 5.11 Å². The topological polar surface area (TPSA) is 68.0 Å². The number of aliphatic hydroxyl groups is 1. The number of ether oxygens (including phenoxy) is 2. The molecule has 0 bridgehead atoms. The lowest BCUT2D eigenvalue weighted by Crippen LogP contribution is -2.40. The lowest BCUT2D eigenvalue weighted by atomic mass is 9.89. The van der Waals surface area contributed by atoms with Gasteiger partial charge in [-0.2, -0.15) is 0 Å². The number of benzene rings is 3. The molecule has 0 aliphatic carbocycles. The monoisotopic (exact) mass is 486 g/mol. The first-order chi connectivity index (χ1) is 16.0. The summed E-state index contributed by atoms with van der Waals surface area (Å²) in [6, 6.07) is 21.3. The number of piperidine rings is 1. The second-order valence-corrected chi connectivity index (χ2v) is 9.15. The zero-order chi connectivity index (χ0) is 23.2. The normalized spacial score (nSPS) is 15.8. The number of halogens is 2. The van der Waals surface area contributed by atoms with Crippen molar-refractivity contribution in [1.29, 1.82) is 0 Å². The SMILES string of the molecule is Nc1cc(Cl)c(OC[C@@H](O)CN2CCC(c3ccc(Oc4ccccc4)cc3)CC2)c(Cl)c1. The first-order valence-electron chi connectivity index (χ1n) is 11.1. The molecule has 0 radical (unpaired) electrons. The second kappa shape index (κ2) is 11.1. The molecule has 7 heteroatoms. The summed E-state index contributed by atoms with van der Waals surface area (Å²) in [6.07, 6.45) is 1.45. The number of rotatable bonds is 8. The summed E-state index contributed by atoms with van der Waals surface area (Å²) >= 11 is 12.3. The Balaban J connectivity index is 1.22. The van der Waals surface area contributed by atoms with Crippen LogP contribution in [0.5, 0.6) is 17.2 Å². The molecule has 3 aromatic rings. The molecule has 3 N–H and O–H groups in total. The van der Waals surface area contributed by atoms with Gasteiger partial charge < -0.3 is 25.2 Å². The van der Waals surface area contributed by atoms with Gasteiger partial charge >= 0.3 is 0 Å². The van der Waals surface area contributed by atoms with Crippen LogP contribution in [0.1, 0.15) is 24.3 Å². The number of anilines is 1. The van der Waals surface area contributed by atoms with Crippen LogP contribution in [0, 0.1) is 0 Å². The molecule has 4 rings (SSSR count). The van der Waals surface area contributed by atoms with Gasteiger partial charge in [-0.15, -0.1) is 0 Å². The van der Waals surface area contributed by atoms with E-state index in [1.807, 2.05) is 42.5 Å². The number of likely N-dealkylation sites (tertiary alicyclic amines) is 1. The van der Waals surface area contributed by atoms with Gasteiger partial charge in [-0.1, -0.05) is 53.5 Å². The molecule has 1 aliphatic heterocycles. The number of nitrogens with zero attached hydrogens (tertiary/aromatic N) is 1. The molecule has 0 amide bonds. The highest BCUT2D eigenvalue weighted by Gasteiger charge is 2.23. The van der Waals surface area contributed by atoms with Crippen LogP contribution in [0.3, 0.4) is 0 Å². The molecular weight excluding hydrogens is 459 g/mol. The van der Waals surface area contributed by atoms with Gasteiger partial charge in [0.25, 0.3) is 0 Å². The van der Waals surface area contributed by atoms with E-state index < -0.39 is 6.10 Å². The van der Waals surface area contributed by atoms with Crippen molar-refractivity contribution in [3.05, 3.63) is 82.3 Å². The summed E-state index contributed by atoms with van der Waals surface area (Å²) in [5, 5.41) is 11.1. The summed E-state index contributed by atoms with van der Waals surface area (Å²) in [4.78, 5) is 2.27. The molecule has 1 atom stereocenters. The number of para-hydroxylation sites is 1. The van der Waals surface area contributed by atoms with Crippen LogP contribution in [-0.2, 0) is 0 Å². The third-order valence-corrected chi connectivity index (χ3v) is 6.39. The molecule has 174 valence electrons. The standard InChI is InChI=1S/C26H28Cl2N2O3/c27-24-14-20(29)15-25(28)26(24)32-17-21(31)16-30-12-10-19(11-13-30)18-6-8-23(9-7-18)33-22-4-2-1-3-5-22/h1-9,14-15,19,21,31H,10-13,16-17,29H2/t21-/m0/s1. The van der Waals surface area contributed by atoms with Crippen molar-refractivity contribution in [1.82, 2.24) is 4.90 Å². The van der Waals surface area contributed by atoms with Crippen LogP contribution >= 0.6 is 23.2 Å². The Morgan fingerprint density at radius 3 is 2.18 bits per heavy atom. The van der Waals surface area contributed by atoms with E-state index >= 15 is 0 Å². The van der Waals surface area contributed by atoms with Gasteiger partial charge in [-0.25, -0.2) is 0 Å². The Kier molecular flexibility index (Phi) is 7.99. The van der Waals surface area contributed by atoms with E-state index in [1.165, 1.54) is 5.56 Å². The van der Waals surface area contributed by atoms with E-state index in [-0.39, 0.29) is 6.61 Å². The van der Waals surface area contributed by atoms with E-state index in [0.717, 1.165) is 37.4 Å². The first kappa shape index (κ1) is 23.7. The molecule has 1 fully saturated rings. The largest absolute Gasteiger partial charge is 0.488 e. The van der Waals surface area contributed by atoms with Crippen molar-refractivity contribution in [3.8, 4) is 17.2 Å². The van der Waals surface area contributed by atoms with Gasteiger partial charge in [0.2, 0.25) is 0 Å². The van der Waals surface area contributed by atoms with Crippen LogP contribution in [-0.4, -0.2) is 42.4 Å². The average Bonchev–Trinajstić information content (AvgIpc) is 2.80. The highest BCUT2D eigenvalue weighted by atomic mass is 35.5. The van der Waals surface area contributed by atoms with Crippen LogP contribution < -0.4 is 15.2 Å². The van der Waals surface area contributed by atoms with Gasteiger partial charge in [-0.3, -0.25) is 0 Å². The Morgan fingerprint density at radius 1 is 0.939 bits per heavy atom. The van der Waals surface area contributed by atoms with Crippen LogP contribution in [0.2, 0.25) is 10.0 Å². The Morgan fingerprint density at radius 2 is 1.55 bits per heavy atom. The van der Waals surface area contributed by atoms with Crippen LogP contribution in [0.15, 0.2) is 66.7 Å². The second-order valence-electron chi connectivity index (χ2n) is 8.34. The van der Waals surface area contributed by atoms with E-state index in [1.54, 1.807) is 12.1 Å². The van der Waals surface area contributed by atoms with Crippen molar-refractivity contribution in [2.24, 2.45) is 0 Å². The molecule has 0 aromatic heterocycles. The minimum atomic E-state index is -0.638. The Labute approximate surface area is 204 Å². The Bertz CT molecular complexity index is 1020. The highest BCUT2D eigenvalue weighted by molar-refractivity contribution is 6.37. The number of hydrogen-bond donors (Lipinski definition) is 2. The van der Waals surface area contributed by atoms with Crippen molar-refractivity contribution < 1.29 is 14.6 Å². The van der Waals surface area contributed by atoms with E-state index in [2.05, 4.69) is 17.0 Å². The predicted molar refractivity (Wildman–Crippen MR) is 134 cm³/mol. The zero-order valence-corrected chi connectivity index (χ0v) is 19.8. The first-order valence-corrected chi connectivity index (χ1v) is 11.8. The lowest BCUT2D eigenvalue weighted by molar-refractivity contribution is 0.0595. The lowest BCUT2D eigenvalue weighted by Gasteiger charge is -2.33. The molecule has 1 saturated heterocycles. The zero-order valence-electron chi connectivity index (χ0n) is 18.3. The molecule has 1 heterocycles. The number of aliphatic hydroxyl groups excluding tert-OH is 1. The smallest absolute Gasteiger partial charge is 0.156 e. The summed E-state index contributed by atoms with van der Waals surface area (Å²) in [6.45, 7) is 2.51. The molecule has 5 nitrogen and oxygen atoms in total. The van der Waals surface area contributed by atoms with Gasteiger partial charge in [0.05, 0.1) is 10.0 Å². The van der Waals surface area contributed by atoms with Crippen molar-refractivity contribution in [3.63, 3.8) is 0 Å². The number of nitrogens with two attached hydrogens (primary N) is 1. The van der Waals surface area contributed by atoms with E-state index in [0.29, 0.717) is 33.9 Å². The maximum absolute atomic E-state index is 10.4. The molecule has 33 heavy (non-hydrogen) atoms. The van der Waals surface area contributed by atoms with Gasteiger partial charge in [-0.05, 0) is 73.8 Å². The fourth-order valence-electron chi connectivity index (χ4n) is 4.13.